The molecule has 0 spiro atoms. The lowest BCUT2D eigenvalue weighted by Crippen LogP contribution is -2.67. The molecule has 0 bridgehead atoms. The van der Waals surface area contributed by atoms with Crippen molar-refractivity contribution in [2.24, 2.45) is 11.8 Å². The minimum absolute atomic E-state index is 0.0208. The fraction of sp³-hybridized carbons (Fsp3) is 0.467. The van der Waals surface area contributed by atoms with E-state index in [9.17, 15) is 46.2 Å². The van der Waals surface area contributed by atoms with Crippen LogP contribution in [-0.4, -0.2) is 64.3 Å². The summed E-state index contributed by atoms with van der Waals surface area (Å²) in [5.41, 5.74) is -1.94. The van der Waals surface area contributed by atoms with E-state index in [2.05, 4.69) is 26.3 Å². The molecule has 1 heterocycles. The first-order valence-electron chi connectivity index (χ1n) is 21.2. The van der Waals surface area contributed by atoms with E-state index in [1.54, 1.807) is 47.6 Å². The average molecular weight is 918 g/mol. The van der Waals surface area contributed by atoms with E-state index >= 15 is 0 Å². The molecule has 1 aliphatic carbocycles. The van der Waals surface area contributed by atoms with Crippen LogP contribution in [0.4, 0.5) is 23.2 Å². The van der Waals surface area contributed by atoms with Crippen molar-refractivity contribution in [3.63, 3.8) is 0 Å². The molecule has 6 N–H and O–H groups in total. The first-order valence-corrected chi connectivity index (χ1v) is 22.7. The smallest absolute Gasteiger partial charge is 0.493 e. The van der Waals surface area contributed by atoms with E-state index in [1.807, 2.05) is 0 Å². The Balaban J connectivity index is 1.50. The Bertz CT molecular complexity index is 2390. The quantitative estimate of drug-likeness (QED) is 0.0400. The van der Waals surface area contributed by atoms with Gasteiger partial charge in [0.2, 0.25) is 23.6 Å². The molecule has 4 amide bonds. The number of alkyl halides is 3. The maximum absolute atomic E-state index is 15.0. The second kappa shape index (κ2) is 20.6. The fourth-order valence-electron chi connectivity index (χ4n) is 7.59. The van der Waals surface area contributed by atoms with Crippen molar-refractivity contribution >= 4 is 48.0 Å². The van der Waals surface area contributed by atoms with E-state index < -0.39 is 84.6 Å². The number of halogens is 4. The average Bonchev–Trinajstić information content (AvgIpc) is 3.61. The third kappa shape index (κ3) is 11.6. The number of aromatic nitrogens is 1. The predicted octanol–water partition coefficient (Wildman–Crippen LogP) is 7.92. The topological polar surface area (TPSA) is 197 Å². The number of amides is 4. The number of phosphoric acid groups is 1. The third-order valence-electron chi connectivity index (χ3n) is 11.8. The van der Waals surface area contributed by atoms with Gasteiger partial charge in [0.25, 0.3) is 0 Å². The van der Waals surface area contributed by atoms with Gasteiger partial charge >= 0.3 is 14.0 Å². The maximum atomic E-state index is 15.0. The lowest BCUT2D eigenvalue weighted by molar-refractivity contribution is -0.138. The number of hydrogen-bond donors (Lipinski definition) is 6. The molecule has 0 fully saturated rings. The molecule has 0 saturated heterocycles. The molecule has 4 aromatic rings. The molecular weight excluding hydrogens is 861 g/mol. The van der Waals surface area contributed by atoms with Gasteiger partial charge in [-0.25, -0.2) is 8.96 Å². The van der Waals surface area contributed by atoms with E-state index in [-0.39, 0.29) is 59.3 Å². The zero-order valence-electron chi connectivity index (χ0n) is 36.8. The summed E-state index contributed by atoms with van der Waals surface area (Å²) in [5, 5.41) is 11.3. The first kappa shape index (κ1) is 49.6. The van der Waals surface area contributed by atoms with Crippen LogP contribution in [-0.2, 0) is 53.7 Å². The Labute approximate surface area is 369 Å². The number of anilines is 1. The standard InChI is InChI=1S/C45H56F4N5O9P/c1-8-25(4)38(41(56)50-29-18-19-35(61-7)36(23-29)63-64(59,60)62-27(6)10-3)53-43(58)44(21-20-34-31(24-44)30-15-13-16-32(40(30)51-34)45(47,48)49)54-42(57)39(26(5)9-2)52-37(55)22-28-14-11-12-17-33(28)46/h11-19,23,25-27,38-39,51H,8-10,20-22,24H2,1-7H3,(H,50,56)(H,52,55)(H,53,58)(H,54,57)(H,59,60). The number of carbonyl (C=O) groups is 4. The number of aryl methyl sites for hydroxylation is 1. The minimum Gasteiger partial charge on any atom is -0.493 e. The molecule has 7 atom stereocenters. The highest BCUT2D eigenvalue weighted by atomic mass is 31.2. The Morgan fingerprint density at radius 1 is 0.891 bits per heavy atom. The number of carbonyl (C=O) groups excluding carboxylic acids is 4. The molecule has 0 saturated carbocycles. The summed E-state index contributed by atoms with van der Waals surface area (Å²) in [5.74, 6) is -4.73. The molecule has 1 aliphatic rings. The molecule has 5 rings (SSSR count). The van der Waals surface area contributed by atoms with Crippen LogP contribution in [0.15, 0.2) is 60.7 Å². The zero-order chi connectivity index (χ0) is 47.1. The first-order chi connectivity index (χ1) is 30.1. The van der Waals surface area contributed by atoms with Gasteiger partial charge in [0, 0.05) is 29.3 Å². The maximum Gasteiger partial charge on any atom is 0.527 e. The van der Waals surface area contributed by atoms with Crippen LogP contribution in [0.2, 0.25) is 0 Å². The summed E-state index contributed by atoms with van der Waals surface area (Å²) < 4.78 is 85.7. The number of ether oxygens (including phenoxy) is 1. The summed E-state index contributed by atoms with van der Waals surface area (Å²) >= 11 is 0. The number of para-hydroxylation sites is 1. The Hall–Kier alpha value is -5.45. The van der Waals surface area contributed by atoms with Crippen LogP contribution in [0.1, 0.15) is 89.6 Å². The lowest BCUT2D eigenvalue weighted by atomic mass is 9.78. The Morgan fingerprint density at radius 3 is 2.19 bits per heavy atom. The van der Waals surface area contributed by atoms with Crippen LogP contribution in [0, 0.1) is 17.7 Å². The molecule has 0 aliphatic heterocycles. The molecule has 348 valence electrons. The van der Waals surface area contributed by atoms with Gasteiger partial charge in [-0.2, -0.15) is 13.2 Å². The number of aromatic amines is 1. The number of nitrogens with one attached hydrogen (secondary N) is 5. The normalized spacial score (nSPS) is 18.3. The molecule has 1 aromatic heterocycles. The third-order valence-corrected chi connectivity index (χ3v) is 12.9. The highest BCUT2D eigenvalue weighted by Gasteiger charge is 2.47. The number of hydrogen-bond acceptors (Lipinski definition) is 8. The van der Waals surface area contributed by atoms with Gasteiger partial charge in [0.15, 0.2) is 11.5 Å². The van der Waals surface area contributed by atoms with E-state index in [4.69, 9.17) is 13.8 Å². The van der Waals surface area contributed by atoms with Crippen molar-refractivity contribution in [1.29, 1.82) is 0 Å². The molecular formula is C45H56F4N5O9P. The van der Waals surface area contributed by atoms with E-state index in [0.717, 1.165) is 6.07 Å². The van der Waals surface area contributed by atoms with Crippen LogP contribution in [0.5, 0.6) is 11.5 Å². The van der Waals surface area contributed by atoms with Gasteiger partial charge in [-0.1, -0.05) is 77.8 Å². The number of H-pyrrole nitrogens is 1. The van der Waals surface area contributed by atoms with Crippen molar-refractivity contribution in [2.45, 2.75) is 116 Å². The molecule has 7 unspecified atom stereocenters. The summed E-state index contributed by atoms with van der Waals surface area (Å²) in [6.07, 6.45) is -4.88. The van der Waals surface area contributed by atoms with Gasteiger partial charge in [-0.3, -0.25) is 28.6 Å². The molecule has 19 heteroatoms. The van der Waals surface area contributed by atoms with Crippen molar-refractivity contribution in [2.75, 3.05) is 12.4 Å². The Kier molecular flexibility index (Phi) is 15.9. The van der Waals surface area contributed by atoms with Crippen LogP contribution < -0.4 is 30.5 Å². The highest BCUT2D eigenvalue weighted by Crippen LogP contribution is 2.48. The van der Waals surface area contributed by atoms with Gasteiger partial charge in [-0.05, 0) is 73.4 Å². The van der Waals surface area contributed by atoms with Crippen LogP contribution in [0.3, 0.4) is 0 Å². The van der Waals surface area contributed by atoms with Gasteiger partial charge in [-0.15, -0.1) is 0 Å². The second-order valence-electron chi connectivity index (χ2n) is 16.3. The van der Waals surface area contributed by atoms with Gasteiger partial charge in [0.1, 0.15) is 23.4 Å². The predicted molar refractivity (Wildman–Crippen MR) is 232 cm³/mol. The van der Waals surface area contributed by atoms with Crippen molar-refractivity contribution in [1.82, 2.24) is 20.9 Å². The molecule has 64 heavy (non-hydrogen) atoms. The van der Waals surface area contributed by atoms with Crippen LogP contribution >= 0.6 is 7.82 Å². The monoisotopic (exact) mass is 917 g/mol. The zero-order valence-corrected chi connectivity index (χ0v) is 37.7. The number of phosphoric ester groups is 1. The molecule has 0 radical (unpaired) electrons. The summed E-state index contributed by atoms with van der Waals surface area (Å²) in [6, 6.07) is 11.0. The fourth-order valence-corrected chi connectivity index (χ4v) is 8.63. The lowest BCUT2D eigenvalue weighted by Gasteiger charge is -2.39. The van der Waals surface area contributed by atoms with E-state index in [1.165, 1.54) is 55.6 Å². The number of methoxy groups -OCH3 is 1. The van der Waals surface area contributed by atoms with Crippen molar-refractivity contribution in [3.8, 4) is 11.5 Å². The van der Waals surface area contributed by atoms with E-state index in [0.29, 0.717) is 30.5 Å². The summed E-state index contributed by atoms with van der Waals surface area (Å²) in [4.78, 5) is 70.3. The summed E-state index contributed by atoms with van der Waals surface area (Å²) in [6.45, 7) is 10.4. The van der Waals surface area contributed by atoms with Crippen LogP contribution in [0.25, 0.3) is 10.9 Å². The van der Waals surface area contributed by atoms with Gasteiger partial charge in [0.05, 0.1) is 30.7 Å². The number of rotatable bonds is 19. The van der Waals surface area contributed by atoms with Gasteiger partial charge < -0.3 is 35.5 Å². The Morgan fingerprint density at radius 2 is 1.56 bits per heavy atom. The molecule has 14 nitrogen and oxygen atoms in total. The highest BCUT2D eigenvalue weighted by molar-refractivity contribution is 7.47. The number of benzene rings is 3. The van der Waals surface area contributed by atoms with Crippen molar-refractivity contribution < 1.29 is 60.0 Å². The van der Waals surface area contributed by atoms with Crippen molar-refractivity contribution in [3.05, 3.63) is 88.9 Å². The minimum atomic E-state index is -4.70. The SMILES string of the molecule is CCC(C)OP(=O)(O)Oc1cc(NC(=O)C(NC(=O)C2(NC(=O)C(NC(=O)Cc3ccccc3F)C(C)CC)CCc3[nH]c4c(C(F)(F)F)cccc4c3C2)C(C)CC)ccc1OC. The summed E-state index contributed by atoms with van der Waals surface area (Å²) in [7, 11) is -3.33. The largest absolute Gasteiger partial charge is 0.527 e. The second-order valence-corrected chi connectivity index (χ2v) is 17.7. The number of fused-ring (bicyclic) bond motifs is 3. The molecule has 3 aromatic carbocycles.